The van der Waals surface area contributed by atoms with E-state index >= 15 is 0 Å². The van der Waals surface area contributed by atoms with Crippen LogP contribution in [0.25, 0.3) is 0 Å². The Morgan fingerprint density at radius 3 is 2.69 bits per heavy atom. The maximum absolute atomic E-state index is 14.3. The Morgan fingerprint density at radius 1 is 1.17 bits per heavy atom. The van der Waals surface area contributed by atoms with Crippen molar-refractivity contribution in [3.05, 3.63) is 23.5 Å². The van der Waals surface area contributed by atoms with Crippen molar-refractivity contribution in [3.8, 4) is 0 Å². The molecule has 35 heavy (non-hydrogen) atoms. The molecule has 4 aliphatic heterocycles. The topological polar surface area (TPSA) is 83.5 Å². The van der Waals surface area contributed by atoms with Crippen LogP contribution >= 0.6 is 0 Å². The first kappa shape index (κ1) is 22.9. The van der Waals surface area contributed by atoms with Gasteiger partial charge in [0.25, 0.3) is 0 Å². The van der Waals surface area contributed by atoms with Crippen molar-refractivity contribution in [3.63, 3.8) is 0 Å². The van der Waals surface area contributed by atoms with Crippen molar-refractivity contribution in [2.75, 3.05) is 13.2 Å². The third-order valence-corrected chi connectivity index (χ3v) is 10.6. The van der Waals surface area contributed by atoms with Gasteiger partial charge in [-0.05, 0) is 68.9 Å². The van der Waals surface area contributed by atoms with E-state index in [9.17, 15) is 9.90 Å². The number of hydrogen-bond acceptors (Lipinski definition) is 7. The molecule has 0 amide bonds. The molecule has 3 saturated heterocycles. The molecule has 4 bridgehead atoms. The molecule has 8 aliphatic rings. The normalized spacial score (nSPS) is 52.5. The van der Waals surface area contributed by atoms with Gasteiger partial charge < -0.3 is 28.8 Å². The number of carbonyl (C=O) groups is 1. The van der Waals surface area contributed by atoms with Crippen LogP contribution in [-0.4, -0.2) is 54.2 Å². The van der Waals surface area contributed by atoms with Gasteiger partial charge in [0.05, 0.1) is 18.1 Å². The van der Waals surface area contributed by atoms with E-state index in [2.05, 4.69) is 20.4 Å². The molecule has 3 saturated carbocycles. The molecule has 192 valence electrons. The Balaban J connectivity index is 1.51. The number of aliphatic hydroxyl groups excluding tert-OH is 1. The van der Waals surface area contributed by atoms with Gasteiger partial charge >= 0.3 is 0 Å². The van der Waals surface area contributed by atoms with Crippen LogP contribution in [0.1, 0.15) is 66.7 Å². The highest BCUT2D eigenvalue weighted by Gasteiger charge is 2.90. The lowest BCUT2D eigenvalue weighted by molar-refractivity contribution is -0.527. The maximum atomic E-state index is 14.3. The highest BCUT2D eigenvalue weighted by molar-refractivity contribution is 6.05. The van der Waals surface area contributed by atoms with Gasteiger partial charge in [-0.25, -0.2) is 0 Å². The molecule has 7 nitrogen and oxygen atoms in total. The fourth-order valence-electron chi connectivity index (χ4n) is 9.95. The van der Waals surface area contributed by atoms with Crippen LogP contribution in [0.2, 0.25) is 0 Å². The lowest BCUT2D eigenvalue weighted by Gasteiger charge is -2.77. The summed E-state index contributed by atoms with van der Waals surface area (Å²) in [5, 5.41) is 12.4. The monoisotopic (exact) mass is 486 g/mol. The standard InChI is InChI=1S/C28H38O7/c1-7-31-18-11-8-15-12-24(3,4)19-21(30)28-27-17(26(19,13-32-28)22(15)33-18)10-9-16(14(2)20(27)29)23(27)34-25(5,6)35-28/h16-19,21,23,30H,2,7-13H2,1,3-6H3/t16-,17-,18-,19+,21-,23+,26-,27-,28?/m0/s1. The molecule has 4 heterocycles. The predicted molar refractivity (Wildman–Crippen MR) is 125 cm³/mol. The lowest BCUT2D eigenvalue weighted by Crippen LogP contribution is -2.87. The highest BCUT2D eigenvalue weighted by Crippen LogP contribution is 2.80. The van der Waals surface area contributed by atoms with E-state index < -0.39 is 34.6 Å². The van der Waals surface area contributed by atoms with E-state index in [0.717, 1.165) is 37.9 Å². The number of carbonyl (C=O) groups excluding carboxylic acids is 1. The summed E-state index contributed by atoms with van der Waals surface area (Å²) in [6.45, 7) is 15.4. The van der Waals surface area contributed by atoms with Crippen LogP contribution in [0.5, 0.6) is 0 Å². The fourth-order valence-corrected chi connectivity index (χ4v) is 9.95. The van der Waals surface area contributed by atoms with Crippen molar-refractivity contribution in [1.29, 1.82) is 0 Å². The summed E-state index contributed by atoms with van der Waals surface area (Å²) in [5.41, 5.74) is -0.134. The third-order valence-electron chi connectivity index (χ3n) is 10.6. The van der Waals surface area contributed by atoms with E-state index in [-0.39, 0.29) is 35.2 Å². The number of allylic oxidation sites excluding steroid dienone is 1. The molecule has 7 heteroatoms. The largest absolute Gasteiger partial charge is 0.469 e. The Morgan fingerprint density at radius 2 is 1.94 bits per heavy atom. The van der Waals surface area contributed by atoms with Gasteiger partial charge in [-0.2, -0.15) is 0 Å². The Hall–Kier alpha value is -1.25. The summed E-state index contributed by atoms with van der Waals surface area (Å²) in [7, 11) is 0. The number of rotatable bonds is 2. The fraction of sp³-hybridized carbons (Fsp3) is 0.821. The van der Waals surface area contributed by atoms with Gasteiger partial charge in [0.1, 0.15) is 17.3 Å². The molecular weight excluding hydrogens is 448 g/mol. The second-order valence-corrected chi connectivity index (χ2v) is 13.1. The van der Waals surface area contributed by atoms with Crippen LogP contribution < -0.4 is 0 Å². The Kier molecular flexibility index (Phi) is 4.32. The minimum atomic E-state index is -1.46. The third kappa shape index (κ3) is 2.31. The zero-order valence-corrected chi connectivity index (χ0v) is 21.5. The molecule has 0 aromatic rings. The van der Waals surface area contributed by atoms with Crippen LogP contribution in [-0.2, 0) is 28.5 Å². The van der Waals surface area contributed by atoms with E-state index in [1.807, 2.05) is 20.8 Å². The van der Waals surface area contributed by atoms with Gasteiger partial charge in [0.2, 0.25) is 5.79 Å². The summed E-state index contributed by atoms with van der Waals surface area (Å²) in [4.78, 5) is 14.3. The SMILES string of the molecule is C=C1C(=O)[C@@]23[C@@H]4OC(C)(C)OC25OC[C@]2(C6=C(CC[C@@H](OCC)O6)CC(C)(C)[C@H]2[C@@H]5O)[C@@H]3CC[C@@H]14. The quantitative estimate of drug-likeness (QED) is 0.594. The molecule has 1 N–H and O–H groups in total. The molecule has 3 spiro atoms. The van der Waals surface area contributed by atoms with Crippen molar-refractivity contribution < 1.29 is 33.6 Å². The number of ketones is 1. The first-order valence-corrected chi connectivity index (χ1v) is 13.4. The van der Waals surface area contributed by atoms with E-state index in [1.54, 1.807) is 0 Å². The highest BCUT2D eigenvalue weighted by atomic mass is 16.8. The first-order chi connectivity index (χ1) is 16.5. The van der Waals surface area contributed by atoms with Crippen molar-refractivity contribution in [1.82, 2.24) is 0 Å². The van der Waals surface area contributed by atoms with Gasteiger partial charge in [-0.3, -0.25) is 4.79 Å². The molecule has 8 rings (SSSR count). The first-order valence-electron chi connectivity index (χ1n) is 13.4. The number of aliphatic hydroxyl groups is 1. The average Bonchev–Trinajstić information content (AvgIpc) is 2.90. The van der Waals surface area contributed by atoms with E-state index in [0.29, 0.717) is 18.8 Å². The average molecular weight is 487 g/mol. The van der Waals surface area contributed by atoms with Crippen LogP contribution in [0.15, 0.2) is 23.5 Å². The minimum absolute atomic E-state index is 0.0511. The Labute approximate surface area is 207 Å². The second-order valence-electron chi connectivity index (χ2n) is 13.1. The van der Waals surface area contributed by atoms with Gasteiger partial charge in [-0.1, -0.05) is 20.4 Å². The number of ether oxygens (including phenoxy) is 5. The van der Waals surface area contributed by atoms with E-state index in [1.165, 1.54) is 5.57 Å². The lowest BCUT2D eigenvalue weighted by atomic mass is 9.36. The number of Topliss-reactive ketones (excluding diaryl/α,β-unsaturated/α-hetero) is 1. The molecule has 4 aliphatic carbocycles. The second kappa shape index (κ2) is 6.60. The number of hydrogen-bond donors (Lipinski definition) is 1. The molecule has 0 radical (unpaired) electrons. The van der Waals surface area contributed by atoms with Crippen LogP contribution in [0, 0.1) is 34.0 Å². The number of fused-ring (bicyclic) bond motifs is 1. The predicted octanol–water partition coefficient (Wildman–Crippen LogP) is 3.85. The van der Waals surface area contributed by atoms with E-state index in [4.69, 9.17) is 23.7 Å². The molecule has 0 aromatic carbocycles. The van der Waals surface area contributed by atoms with Crippen molar-refractivity contribution in [2.45, 2.75) is 96.8 Å². The molecular formula is C28H38O7. The maximum Gasteiger partial charge on any atom is 0.213 e. The Bertz CT molecular complexity index is 1060. The van der Waals surface area contributed by atoms with Crippen molar-refractivity contribution >= 4 is 5.78 Å². The van der Waals surface area contributed by atoms with Gasteiger partial charge in [0.15, 0.2) is 17.9 Å². The zero-order chi connectivity index (χ0) is 24.8. The smallest absolute Gasteiger partial charge is 0.213 e. The summed E-state index contributed by atoms with van der Waals surface area (Å²) in [5.74, 6) is -2.01. The molecule has 0 aromatic heterocycles. The van der Waals surface area contributed by atoms with Crippen LogP contribution in [0.4, 0.5) is 0 Å². The zero-order valence-electron chi connectivity index (χ0n) is 21.5. The summed E-state index contributed by atoms with van der Waals surface area (Å²) >= 11 is 0. The van der Waals surface area contributed by atoms with Crippen LogP contribution in [0.3, 0.4) is 0 Å². The minimum Gasteiger partial charge on any atom is -0.469 e. The summed E-state index contributed by atoms with van der Waals surface area (Å²) in [6, 6.07) is 0. The summed E-state index contributed by atoms with van der Waals surface area (Å²) in [6.07, 6.45) is 2.44. The molecule has 1 unspecified atom stereocenters. The van der Waals surface area contributed by atoms with Gasteiger partial charge in [0, 0.05) is 24.9 Å². The summed E-state index contributed by atoms with van der Waals surface area (Å²) < 4.78 is 32.6. The van der Waals surface area contributed by atoms with Gasteiger partial charge in [-0.15, -0.1) is 0 Å². The molecule has 6 fully saturated rings. The molecule has 9 atom stereocenters. The van der Waals surface area contributed by atoms with Crippen molar-refractivity contribution in [2.24, 2.45) is 34.0 Å².